The minimum absolute atomic E-state index is 0.108. The van der Waals surface area contributed by atoms with E-state index in [2.05, 4.69) is 55.9 Å². The average molecular weight is 291 g/mol. The van der Waals surface area contributed by atoms with Gasteiger partial charge in [0.1, 0.15) is 0 Å². The van der Waals surface area contributed by atoms with Gasteiger partial charge in [-0.1, -0.05) is 6.92 Å². The first kappa shape index (κ1) is 16.2. The Labute approximate surface area is 128 Å². The van der Waals surface area contributed by atoms with Crippen molar-refractivity contribution in [3.63, 3.8) is 0 Å². The van der Waals surface area contributed by atoms with Crippen molar-refractivity contribution in [1.29, 1.82) is 0 Å². The topological polar surface area (TPSA) is 37.4 Å². The highest BCUT2D eigenvalue weighted by atomic mass is 16.5. The molecule has 1 fully saturated rings. The third-order valence-corrected chi connectivity index (χ3v) is 3.75. The van der Waals surface area contributed by atoms with E-state index in [1.54, 1.807) is 0 Å². The number of nitrogens with one attached hydrogen (secondary N) is 1. The van der Waals surface area contributed by atoms with Crippen LogP contribution in [0.1, 0.15) is 45.4 Å². The van der Waals surface area contributed by atoms with Crippen molar-refractivity contribution in [3.05, 3.63) is 23.5 Å². The molecule has 2 rings (SSSR count). The molecule has 0 saturated carbocycles. The largest absolute Gasteiger partial charge is 0.369 e. The summed E-state index contributed by atoms with van der Waals surface area (Å²) in [6.45, 7) is 14.5. The van der Waals surface area contributed by atoms with E-state index in [1.807, 2.05) is 6.20 Å². The van der Waals surface area contributed by atoms with Gasteiger partial charge in [0.25, 0.3) is 0 Å². The highest BCUT2D eigenvalue weighted by Crippen LogP contribution is 2.28. The Morgan fingerprint density at radius 3 is 2.90 bits per heavy atom. The monoisotopic (exact) mass is 291 g/mol. The number of anilines is 1. The maximum absolute atomic E-state index is 6.02. The van der Waals surface area contributed by atoms with Crippen LogP contribution in [0.15, 0.2) is 12.3 Å². The lowest BCUT2D eigenvalue weighted by atomic mass is 10.0. The van der Waals surface area contributed by atoms with Crippen LogP contribution < -0.4 is 10.2 Å². The van der Waals surface area contributed by atoms with Crippen molar-refractivity contribution in [1.82, 2.24) is 10.3 Å². The van der Waals surface area contributed by atoms with E-state index in [4.69, 9.17) is 4.74 Å². The number of rotatable bonds is 5. The lowest BCUT2D eigenvalue weighted by Crippen LogP contribution is -2.52. The maximum Gasteiger partial charge on any atom is 0.0805 e. The van der Waals surface area contributed by atoms with Gasteiger partial charge in [0.05, 0.1) is 11.7 Å². The molecule has 21 heavy (non-hydrogen) atoms. The van der Waals surface area contributed by atoms with E-state index in [1.165, 1.54) is 11.3 Å². The molecule has 1 unspecified atom stereocenters. The number of hydrogen-bond donors (Lipinski definition) is 1. The summed E-state index contributed by atoms with van der Waals surface area (Å²) in [5, 5.41) is 3.48. The molecule has 1 saturated heterocycles. The van der Waals surface area contributed by atoms with Crippen molar-refractivity contribution < 1.29 is 4.74 Å². The number of pyridine rings is 1. The normalized spacial score (nSPS) is 21.6. The fourth-order valence-electron chi connectivity index (χ4n) is 3.04. The zero-order valence-corrected chi connectivity index (χ0v) is 14.1. The smallest absolute Gasteiger partial charge is 0.0805 e. The number of hydrogen-bond acceptors (Lipinski definition) is 4. The second kappa shape index (κ2) is 6.75. The van der Waals surface area contributed by atoms with Crippen molar-refractivity contribution in [2.45, 2.75) is 59.3 Å². The van der Waals surface area contributed by atoms with Gasteiger partial charge in [-0.3, -0.25) is 4.98 Å². The minimum Gasteiger partial charge on any atom is -0.369 e. The summed E-state index contributed by atoms with van der Waals surface area (Å²) >= 11 is 0. The van der Waals surface area contributed by atoms with Gasteiger partial charge in [0, 0.05) is 42.8 Å². The van der Waals surface area contributed by atoms with Gasteiger partial charge in [-0.25, -0.2) is 0 Å². The van der Waals surface area contributed by atoms with Gasteiger partial charge in [-0.15, -0.1) is 0 Å². The molecule has 1 N–H and O–H groups in total. The predicted octanol–water partition coefficient (Wildman–Crippen LogP) is 2.89. The lowest BCUT2D eigenvalue weighted by Gasteiger charge is -2.43. The van der Waals surface area contributed by atoms with Crippen LogP contribution in [-0.4, -0.2) is 36.3 Å². The third kappa shape index (κ3) is 4.42. The molecule has 0 aliphatic carbocycles. The maximum atomic E-state index is 6.02. The Morgan fingerprint density at radius 1 is 1.48 bits per heavy atom. The highest BCUT2D eigenvalue weighted by Gasteiger charge is 2.32. The molecule has 1 aliphatic heterocycles. The van der Waals surface area contributed by atoms with Crippen molar-refractivity contribution in [2.24, 2.45) is 0 Å². The Bertz CT molecular complexity index is 473. The fraction of sp³-hybridized carbons (Fsp3) is 0.706. The van der Waals surface area contributed by atoms with E-state index >= 15 is 0 Å². The van der Waals surface area contributed by atoms with Crippen LogP contribution in [0, 0.1) is 6.92 Å². The van der Waals surface area contributed by atoms with Crippen molar-refractivity contribution in [2.75, 3.05) is 24.5 Å². The number of morpholine rings is 1. The zero-order chi connectivity index (χ0) is 15.5. The van der Waals surface area contributed by atoms with E-state index in [0.717, 1.165) is 38.3 Å². The Kier molecular flexibility index (Phi) is 5.22. The van der Waals surface area contributed by atoms with Crippen LogP contribution in [0.3, 0.4) is 0 Å². The predicted molar refractivity (Wildman–Crippen MR) is 87.8 cm³/mol. The molecule has 0 bridgehead atoms. The second-order valence-corrected chi connectivity index (χ2v) is 6.70. The standard InChI is InChI=1S/C17H29N3O/c1-6-7-18-9-15-10-19-13(2)8-16(15)20-11-14(3)21-17(4,5)12-20/h8,10,14,18H,6-7,9,11-12H2,1-5H3. The van der Waals surface area contributed by atoms with E-state index in [9.17, 15) is 0 Å². The lowest BCUT2D eigenvalue weighted by molar-refractivity contribution is -0.0750. The molecule has 1 aromatic rings. The van der Waals surface area contributed by atoms with Gasteiger partial charge in [0.15, 0.2) is 0 Å². The van der Waals surface area contributed by atoms with E-state index in [-0.39, 0.29) is 11.7 Å². The summed E-state index contributed by atoms with van der Waals surface area (Å²) in [6, 6.07) is 2.21. The van der Waals surface area contributed by atoms with Gasteiger partial charge >= 0.3 is 0 Å². The zero-order valence-electron chi connectivity index (χ0n) is 14.1. The first-order valence-electron chi connectivity index (χ1n) is 8.00. The molecule has 0 aromatic carbocycles. The van der Waals surface area contributed by atoms with Crippen LogP contribution in [0.5, 0.6) is 0 Å². The first-order valence-corrected chi connectivity index (χ1v) is 8.00. The molecule has 118 valence electrons. The molecule has 0 spiro atoms. The summed E-state index contributed by atoms with van der Waals surface area (Å²) in [5.74, 6) is 0. The molecule has 2 heterocycles. The molecule has 4 nitrogen and oxygen atoms in total. The van der Waals surface area contributed by atoms with Crippen molar-refractivity contribution in [3.8, 4) is 0 Å². The van der Waals surface area contributed by atoms with Crippen LogP contribution in [0.4, 0.5) is 5.69 Å². The fourth-order valence-corrected chi connectivity index (χ4v) is 3.04. The van der Waals surface area contributed by atoms with Gasteiger partial charge in [-0.05, 0) is 46.7 Å². The van der Waals surface area contributed by atoms with E-state index in [0.29, 0.717) is 0 Å². The molecule has 0 amide bonds. The molecule has 1 aromatic heterocycles. The number of aromatic nitrogens is 1. The van der Waals surface area contributed by atoms with Crippen LogP contribution in [0.25, 0.3) is 0 Å². The quantitative estimate of drug-likeness (QED) is 0.847. The summed E-state index contributed by atoms with van der Waals surface area (Å²) in [6.07, 6.45) is 3.41. The van der Waals surface area contributed by atoms with Gasteiger partial charge in [-0.2, -0.15) is 0 Å². The first-order chi connectivity index (χ1) is 9.91. The van der Waals surface area contributed by atoms with Gasteiger partial charge < -0.3 is 15.0 Å². The second-order valence-electron chi connectivity index (χ2n) is 6.70. The van der Waals surface area contributed by atoms with Crippen molar-refractivity contribution >= 4 is 5.69 Å². The summed E-state index contributed by atoms with van der Waals surface area (Å²) in [4.78, 5) is 6.92. The summed E-state index contributed by atoms with van der Waals surface area (Å²) in [7, 11) is 0. The average Bonchev–Trinajstić information content (AvgIpc) is 2.38. The van der Waals surface area contributed by atoms with Gasteiger partial charge in [0.2, 0.25) is 0 Å². The number of aryl methyl sites for hydroxylation is 1. The molecular formula is C17H29N3O. The molecule has 4 heteroatoms. The minimum atomic E-state index is -0.108. The Balaban J connectivity index is 2.22. The SMILES string of the molecule is CCCNCc1cnc(C)cc1N1CC(C)OC(C)(C)C1. The van der Waals surface area contributed by atoms with Crippen LogP contribution >= 0.6 is 0 Å². The molecule has 1 atom stereocenters. The molecular weight excluding hydrogens is 262 g/mol. The third-order valence-electron chi connectivity index (χ3n) is 3.75. The summed E-state index contributed by atoms with van der Waals surface area (Å²) < 4.78 is 6.02. The highest BCUT2D eigenvalue weighted by molar-refractivity contribution is 5.54. The number of nitrogens with zero attached hydrogens (tertiary/aromatic N) is 2. The molecule has 0 radical (unpaired) electrons. The number of ether oxygens (including phenoxy) is 1. The van der Waals surface area contributed by atoms with Crippen LogP contribution in [0.2, 0.25) is 0 Å². The Morgan fingerprint density at radius 2 is 2.24 bits per heavy atom. The van der Waals surface area contributed by atoms with E-state index < -0.39 is 0 Å². The van der Waals surface area contributed by atoms with Crippen LogP contribution in [-0.2, 0) is 11.3 Å². The molecule has 1 aliphatic rings. The Hall–Kier alpha value is -1.13. The summed E-state index contributed by atoms with van der Waals surface area (Å²) in [5.41, 5.74) is 3.54.